The van der Waals surface area contributed by atoms with E-state index < -0.39 is 6.10 Å². The molecule has 0 rings (SSSR count). The molecular weight excluding hydrogens is 865 g/mol. The maximum absolute atomic E-state index is 12.9. The summed E-state index contributed by atoms with van der Waals surface area (Å²) in [7, 11) is 0. The van der Waals surface area contributed by atoms with Gasteiger partial charge in [0.2, 0.25) is 0 Å². The zero-order chi connectivity index (χ0) is 50.7. The van der Waals surface area contributed by atoms with E-state index in [0.717, 1.165) is 103 Å². The molecule has 0 bridgehead atoms. The standard InChI is InChI=1S/C64H102O6/c1-4-7-10-13-16-19-22-25-28-30-32-34-36-39-42-45-48-51-54-57-63(66)69-60-61(59-68-62(65)56-53-50-47-44-41-38-35-27-24-21-18-15-12-9-6-3)70-64(67)58-55-52-49-46-43-40-37-33-31-29-26-23-20-17-14-11-8-5-2/h7,10,13,16,18-19,21-22,24-25,27-34,36-37,39,42,61H,4-6,8-9,11-12,14-15,17,20,23,26,35,38,40-41,43-60H2,1-3H3/b10-7-,16-13-,21-18-,22-19-,27-24-,28-25-,31-29-,32-30+,36-34-,37-33-,42-39-. The van der Waals surface area contributed by atoms with Gasteiger partial charge in [0.15, 0.2) is 6.10 Å². The maximum atomic E-state index is 12.9. The first-order valence-electron chi connectivity index (χ1n) is 28.3. The second-order valence-corrected chi connectivity index (χ2v) is 18.4. The highest BCUT2D eigenvalue weighted by Gasteiger charge is 2.19. The van der Waals surface area contributed by atoms with Crippen LogP contribution in [0.1, 0.15) is 233 Å². The van der Waals surface area contributed by atoms with Crippen LogP contribution in [0.2, 0.25) is 0 Å². The Morgan fingerprint density at radius 2 is 0.557 bits per heavy atom. The van der Waals surface area contributed by atoms with Gasteiger partial charge >= 0.3 is 17.9 Å². The van der Waals surface area contributed by atoms with Crippen LogP contribution in [-0.4, -0.2) is 37.2 Å². The third-order valence-electron chi connectivity index (χ3n) is 11.6. The number of ether oxygens (including phenoxy) is 3. The van der Waals surface area contributed by atoms with Gasteiger partial charge < -0.3 is 14.2 Å². The minimum absolute atomic E-state index is 0.110. The number of esters is 3. The lowest BCUT2D eigenvalue weighted by Gasteiger charge is -2.18. The summed E-state index contributed by atoms with van der Waals surface area (Å²) in [5.41, 5.74) is 0. The molecule has 0 N–H and O–H groups in total. The van der Waals surface area contributed by atoms with E-state index in [0.29, 0.717) is 19.3 Å². The van der Waals surface area contributed by atoms with Crippen molar-refractivity contribution in [3.63, 3.8) is 0 Å². The molecule has 0 aliphatic heterocycles. The molecule has 0 aliphatic rings. The smallest absolute Gasteiger partial charge is 0.306 e. The highest BCUT2D eigenvalue weighted by atomic mass is 16.6. The molecule has 1 atom stereocenters. The Morgan fingerprint density at radius 1 is 0.300 bits per heavy atom. The Kier molecular flexibility index (Phi) is 53.5. The molecule has 6 heteroatoms. The van der Waals surface area contributed by atoms with E-state index in [1.807, 2.05) is 72.9 Å². The van der Waals surface area contributed by atoms with Gasteiger partial charge in [0.05, 0.1) is 0 Å². The van der Waals surface area contributed by atoms with E-state index >= 15 is 0 Å². The lowest BCUT2D eigenvalue weighted by molar-refractivity contribution is -0.167. The molecule has 0 aromatic rings. The van der Waals surface area contributed by atoms with E-state index in [1.165, 1.54) is 89.9 Å². The molecule has 0 aliphatic carbocycles. The normalized spacial score (nSPS) is 13.1. The van der Waals surface area contributed by atoms with Crippen LogP contribution in [0.15, 0.2) is 134 Å². The van der Waals surface area contributed by atoms with Crippen molar-refractivity contribution in [3.8, 4) is 0 Å². The van der Waals surface area contributed by atoms with E-state index in [1.54, 1.807) is 0 Å². The zero-order valence-electron chi connectivity index (χ0n) is 45.0. The van der Waals surface area contributed by atoms with Crippen LogP contribution in [0.25, 0.3) is 0 Å². The first-order chi connectivity index (χ1) is 34.5. The number of unbranched alkanes of at least 4 members (excludes halogenated alkanes) is 24. The number of allylic oxidation sites excluding steroid dienone is 22. The zero-order valence-corrected chi connectivity index (χ0v) is 45.0. The highest BCUT2D eigenvalue weighted by Crippen LogP contribution is 2.13. The van der Waals surface area contributed by atoms with Gasteiger partial charge in [-0.05, 0) is 89.9 Å². The Bertz CT molecular complexity index is 1530. The van der Waals surface area contributed by atoms with Crippen molar-refractivity contribution in [1.29, 1.82) is 0 Å². The Labute approximate surface area is 430 Å². The number of hydrogen-bond acceptors (Lipinski definition) is 6. The third-order valence-corrected chi connectivity index (χ3v) is 11.6. The first-order valence-corrected chi connectivity index (χ1v) is 28.3. The summed E-state index contributed by atoms with van der Waals surface area (Å²) in [6.07, 6.45) is 80.0. The molecule has 6 nitrogen and oxygen atoms in total. The second kappa shape index (κ2) is 57.1. The Morgan fingerprint density at radius 3 is 0.929 bits per heavy atom. The van der Waals surface area contributed by atoms with Crippen molar-refractivity contribution >= 4 is 17.9 Å². The molecular formula is C64H102O6. The molecule has 1 unspecified atom stereocenters. The van der Waals surface area contributed by atoms with Crippen molar-refractivity contribution in [2.24, 2.45) is 0 Å². The average Bonchev–Trinajstić information content (AvgIpc) is 3.36. The van der Waals surface area contributed by atoms with Crippen LogP contribution in [0.3, 0.4) is 0 Å². The molecule has 70 heavy (non-hydrogen) atoms. The fourth-order valence-corrected chi connectivity index (χ4v) is 7.35. The molecule has 0 aromatic heterocycles. The van der Waals surface area contributed by atoms with E-state index in [4.69, 9.17) is 14.2 Å². The van der Waals surface area contributed by atoms with Crippen molar-refractivity contribution in [3.05, 3.63) is 134 Å². The fourth-order valence-electron chi connectivity index (χ4n) is 7.35. The SMILES string of the molecule is CC\C=C/C=C\C=C/C=C\C=C\C=C/C=C\CCCCCC(=O)OCC(COC(=O)CCCCCCCC/C=C\C=C/CCCCC)OC(=O)CCCCCCC/C=C\C=C/CCCCCCCCC. The number of rotatable bonds is 49. The highest BCUT2D eigenvalue weighted by molar-refractivity contribution is 5.71. The van der Waals surface area contributed by atoms with Crippen molar-refractivity contribution in [2.45, 2.75) is 239 Å². The molecule has 0 saturated carbocycles. The van der Waals surface area contributed by atoms with Crippen LogP contribution in [-0.2, 0) is 28.6 Å². The second-order valence-electron chi connectivity index (χ2n) is 18.4. The van der Waals surface area contributed by atoms with Crippen LogP contribution in [0, 0.1) is 0 Å². The monoisotopic (exact) mass is 967 g/mol. The van der Waals surface area contributed by atoms with Crippen LogP contribution < -0.4 is 0 Å². The predicted octanol–water partition coefficient (Wildman–Crippen LogP) is 19.0. The van der Waals surface area contributed by atoms with E-state index in [9.17, 15) is 14.4 Å². The van der Waals surface area contributed by atoms with Crippen molar-refractivity contribution in [2.75, 3.05) is 13.2 Å². The molecule has 394 valence electrons. The molecule has 0 amide bonds. The summed E-state index contributed by atoms with van der Waals surface area (Å²) < 4.78 is 16.8. The van der Waals surface area contributed by atoms with Gasteiger partial charge in [-0.15, -0.1) is 0 Å². The summed E-state index contributed by atoms with van der Waals surface area (Å²) in [5, 5.41) is 0. The van der Waals surface area contributed by atoms with Gasteiger partial charge in [-0.3, -0.25) is 14.4 Å². The predicted molar refractivity (Wildman–Crippen MR) is 302 cm³/mol. The van der Waals surface area contributed by atoms with Gasteiger partial charge in [0.1, 0.15) is 13.2 Å². The van der Waals surface area contributed by atoms with Crippen molar-refractivity contribution in [1.82, 2.24) is 0 Å². The molecule has 0 aromatic carbocycles. The summed E-state index contributed by atoms with van der Waals surface area (Å²) >= 11 is 0. The van der Waals surface area contributed by atoms with Gasteiger partial charge in [0, 0.05) is 19.3 Å². The number of hydrogen-bond donors (Lipinski definition) is 0. The maximum Gasteiger partial charge on any atom is 0.306 e. The van der Waals surface area contributed by atoms with Crippen LogP contribution in [0.4, 0.5) is 0 Å². The average molecular weight is 968 g/mol. The summed E-state index contributed by atoms with van der Waals surface area (Å²) in [4.78, 5) is 38.2. The number of carbonyl (C=O) groups excluding carboxylic acids is 3. The van der Waals surface area contributed by atoms with E-state index in [2.05, 4.69) is 81.5 Å². The largest absolute Gasteiger partial charge is 0.462 e. The summed E-state index contributed by atoms with van der Waals surface area (Å²) in [6, 6.07) is 0. The molecule has 0 fully saturated rings. The van der Waals surface area contributed by atoms with Gasteiger partial charge in [0.25, 0.3) is 0 Å². The summed E-state index contributed by atoms with van der Waals surface area (Å²) in [5.74, 6) is -0.987. The summed E-state index contributed by atoms with van der Waals surface area (Å²) in [6.45, 7) is 6.39. The van der Waals surface area contributed by atoms with E-state index in [-0.39, 0.29) is 31.1 Å². The molecule has 0 heterocycles. The van der Waals surface area contributed by atoms with Gasteiger partial charge in [-0.1, -0.05) is 257 Å². The van der Waals surface area contributed by atoms with Gasteiger partial charge in [-0.25, -0.2) is 0 Å². The molecule has 0 saturated heterocycles. The molecule has 0 radical (unpaired) electrons. The Hall–Kier alpha value is -4.45. The third kappa shape index (κ3) is 54.5. The lowest BCUT2D eigenvalue weighted by atomic mass is 10.1. The molecule has 0 spiro atoms. The topological polar surface area (TPSA) is 78.9 Å². The van der Waals surface area contributed by atoms with Gasteiger partial charge in [-0.2, -0.15) is 0 Å². The first kappa shape index (κ1) is 65.5. The number of carbonyl (C=O) groups is 3. The lowest BCUT2D eigenvalue weighted by Crippen LogP contribution is -2.30. The Balaban J connectivity index is 4.56. The fraction of sp³-hybridized carbons (Fsp3) is 0.609. The van der Waals surface area contributed by atoms with Crippen molar-refractivity contribution < 1.29 is 28.6 Å². The minimum atomic E-state index is -0.816. The minimum Gasteiger partial charge on any atom is -0.462 e. The van der Waals surface area contributed by atoms with Crippen LogP contribution in [0.5, 0.6) is 0 Å². The van der Waals surface area contributed by atoms with Crippen LogP contribution >= 0.6 is 0 Å². The quantitative estimate of drug-likeness (QED) is 0.0262.